The molecule has 4 aliphatic rings. The van der Waals surface area contributed by atoms with Crippen molar-refractivity contribution in [2.45, 2.75) is 250 Å². The van der Waals surface area contributed by atoms with Crippen LogP contribution in [0.1, 0.15) is 190 Å². The van der Waals surface area contributed by atoms with E-state index in [1.54, 1.807) is 13.8 Å². The summed E-state index contributed by atoms with van der Waals surface area (Å²) in [6.07, 6.45) is 4.25. The summed E-state index contributed by atoms with van der Waals surface area (Å²) in [7, 11) is 10.1. The number of hydrogen-bond acceptors (Lipinski definition) is 11. The number of alkyl halides is 4. The molecule has 0 aromatic heterocycles. The quantitative estimate of drug-likeness (QED) is 0.145. The monoisotopic (exact) mass is 1340 g/mol. The minimum Gasteiger partial charge on any atom is -0.345 e. The molecule has 1 aliphatic heterocycles. The van der Waals surface area contributed by atoms with E-state index >= 15 is 9.59 Å². The summed E-state index contributed by atoms with van der Waals surface area (Å²) in [5, 5.41) is 11.1. The summed E-state index contributed by atoms with van der Waals surface area (Å²) in [5.74, 6) is -9.28. The average Bonchev–Trinajstić information content (AvgIpc) is 1.14. The van der Waals surface area contributed by atoms with Gasteiger partial charge in [0.2, 0.25) is 65.0 Å². The molecule has 22 nitrogen and oxygen atoms in total. The number of hydrogen-bond donors (Lipinski definition) is 4. The molecule has 0 unspecified atom stereocenters. The van der Waals surface area contributed by atoms with Gasteiger partial charge < -0.3 is 55.6 Å². The van der Waals surface area contributed by atoms with Crippen molar-refractivity contribution in [2.24, 2.45) is 41.4 Å². The van der Waals surface area contributed by atoms with Crippen LogP contribution in [0.15, 0.2) is 0 Å². The standard InChI is InChI=1S/C67H113ClF3N11O11/c1-16-42(6)59-66(93)78(11)38-57(85)76(9)39-58(86)80(13)53(36-47-24-29-49(68)30-25-47)63(90)77(10)37-56(84)73-50(31-26-45-22-27-48(28-23-45)67(69,70)71)61(88)74-51(32-40(2)3)62(89)81(14)54(35-46-20-18-17-19-21-46)65(92)82(15)52(33-41(4)5)64(91)79(12)43(7)34-55(83)72-44(8)60(87)75-59/h40-54,59H,16-39H2,1-15H3,(H,72,83)(H,73,84)(H,74,88)(H,75,87)/t42-,43+,44-,45?,47?,48?,49?,50-,51-,52-,53-,54-,59-/m0/s1. The molecular formula is C67H113ClF3N11O11. The molecule has 0 radical (unpaired) electrons. The molecule has 4 N–H and O–H groups in total. The highest BCUT2D eigenvalue weighted by Crippen LogP contribution is 2.41. The Morgan fingerprint density at radius 2 is 1.00 bits per heavy atom. The maximum absolute atomic E-state index is 15.4. The number of carbonyl (C=O) groups excluding carboxylic acids is 11. The van der Waals surface area contributed by atoms with E-state index < -0.39 is 151 Å². The highest BCUT2D eigenvalue weighted by Gasteiger charge is 2.44. The van der Waals surface area contributed by atoms with Gasteiger partial charge in [0, 0.05) is 67.2 Å². The average molecular weight is 1340 g/mol. The first-order valence-electron chi connectivity index (χ1n) is 34.1. The molecule has 11 amide bonds. The van der Waals surface area contributed by atoms with E-state index in [-0.39, 0.29) is 106 Å². The Morgan fingerprint density at radius 1 is 0.484 bits per heavy atom. The Balaban J connectivity index is 1.82. The molecule has 26 heteroatoms. The van der Waals surface area contributed by atoms with Gasteiger partial charge in [-0.3, -0.25) is 52.7 Å². The Hall–Kier alpha value is -5.75. The number of likely N-dealkylation sites (N-methyl/N-ethyl adjacent to an activating group) is 7. The van der Waals surface area contributed by atoms with Crippen LogP contribution in [0.3, 0.4) is 0 Å². The lowest BCUT2D eigenvalue weighted by molar-refractivity contribution is -0.184. The summed E-state index contributed by atoms with van der Waals surface area (Å²) in [5.41, 5.74) is 0. The molecule has 530 valence electrons. The van der Waals surface area contributed by atoms with Crippen molar-refractivity contribution in [3.8, 4) is 0 Å². The van der Waals surface area contributed by atoms with Gasteiger partial charge in [-0.1, -0.05) is 80.1 Å². The highest BCUT2D eigenvalue weighted by atomic mass is 35.5. The van der Waals surface area contributed by atoms with Crippen molar-refractivity contribution in [3.05, 3.63) is 0 Å². The third-order valence-electron chi connectivity index (χ3n) is 20.1. The van der Waals surface area contributed by atoms with Crippen molar-refractivity contribution >= 4 is 76.6 Å². The molecule has 3 saturated carbocycles. The number of rotatable bonds is 13. The van der Waals surface area contributed by atoms with Gasteiger partial charge in [-0.2, -0.15) is 13.2 Å². The van der Waals surface area contributed by atoms with Crippen LogP contribution >= 0.6 is 11.6 Å². The Morgan fingerprint density at radius 3 is 1.56 bits per heavy atom. The van der Waals surface area contributed by atoms with Crippen LogP contribution in [-0.2, 0) is 52.7 Å². The Bertz CT molecular complexity index is 2540. The first-order valence-corrected chi connectivity index (χ1v) is 34.6. The normalized spacial score (nSPS) is 30.0. The number of carbonyl (C=O) groups is 11. The van der Waals surface area contributed by atoms with Crippen molar-refractivity contribution in [1.29, 1.82) is 0 Å². The largest absolute Gasteiger partial charge is 0.391 e. The highest BCUT2D eigenvalue weighted by molar-refractivity contribution is 6.20. The van der Waals surface area contributed by atoms with Crippen LogP contribution < -0.4 is 21.3 Å². The fraction of sp³-hybridized carbons (Fsp3) is 0.836. The lowest BCUT2D eigenvalue weighted by Gasteiger charge is -2.39. The SMILES string of the molecule is CC[C@H](C)[C@@H]1NC(=O)[C@H](C)NC(=O)C[C@@H](C)N(C)C(=O)[C@H](CC(C)C)N(C)C(=O)[C@H](CC2CCCCC2)N(C)C(=O)[C@H](CC(C)C)NC(=O)[C@H](CCC2CCC(C(F)(F)F)CC2)NC(=O)CN(C)C(=O)[C@H](CC2CCC(Cl)CC2)N(C)C(=O)CN(C)C(=O)CN(C)C1=O. The summed E-state index contributed by atoms with van der Waals surface area (Å²) in [4.78, 5) is 168. The van der Waals surface area contributed by atoms with Crippen LogP contribution in [0.4, 0.5) is 13.2 Å². The molecule has 0 aromatic carbocycles. The van der Waals surface area contributed by atoms with E-state index in [1.165, 1.54) is 75.9 Å². The molecule has 3 aliphatic carbocycles. The van der Waals surface area contributed by atoms with Crippen molar-refractivity contribution in [1.82, 2.24) is 55.6 Å². The minimum atomic E-state index is -4.35. The molecule has 4 rings (SSSR count). The lowest BCUT2D eigenvalue weighted by Crippen LogP contribution is -2.60. The van der Waals surface area contributed by atoms with Crippen molar-refractivity contribution < 1.29 is 65.9 Å². The summed E-state index contributed by atoms with van der Waals surface area (Å²) in [6.45, 7) is 12.6. The van der Waals surface area contributed by atoms with E-state index in [9.17, 15) is 56.3 Å². The van der Waals surface area contributed by atoms with Gasteiger partial charge in [-0.15, -0.1) is 11.6 Å². The zero-order valence-corrected chi connectivity index (χ0v) is 59.1. The molecule has 0 bridgehead atoms. The molecule has 0 spiro atoms. The Labute approximate surface area is 556 Å². The third kappa shape index (κ3) is 24.1. The van der Waals surface area contributed by atoms with Crippen LogP contribution in [-0.4, -0.2) is 228 Å². The van der Waals surface area contributed by atoms with E-state index in [2.05, 4.69) is 21.3 Å². The van der Waals surface area contributed by atoms with Crippen LogP contribution in [0.25, 0.3) is 0 Å². The topological polar surface area (TPSA) is 259 Å². The first kappa shape index (κ1) is 79.7. The predicted molar refractivity (Wildman–Crippen MR) is 349 cm³/mol. The molecule has 1 heterocycles. The second-order valence-electron chi connectivity index (χ2n) is 28.6. The first-order chi connectivity index (χ1) is 43.4. The number of nitrogens with zero attached hydrogens (tertiary/aromatic N) is 7. The van der Waals surface area contributed by atoms with E-state index in [1.807, 2.05) is 34.6 Å². The predicted octanol–water partition coefficient (Wildman–Crippen LogP) is 6.50. The Kier molecular flexibility index (Phi) is 31.7. The molecule has 9 atom stereocenters. The van der Waals surface area contributed by atoms with Gasteiger partial charge in [-0.05, 0) is 139 Å². The van der Waals surface area contributed by atoms with Gasteiger partial charge in [0.25, 0.3) is 0 Å². The molecule has 0 aromatic rings. The van der Waals surface area contributed by atoms with Crippen LogP contribution in [0.5, 0.6) is 0 Å². The summed E-state index contributed by atoms with van der Waals surface area (Å²) < 4.78 is 41.4. The van der Waals surface area contributed by atoms with E-state index in [0.717, 1.165) is 46.8 Å². The number of nitrogens with one attached hydrogen (secondary N) is 4. The van der Waals surface area contributed by atoms with Crippen LogP contribution in [0.2, 0.25) is 0 Å². The second-order valence-corrected chi connectivity index (χ2v) is 29.2. The smallest absolute Gasteiger partial charge is 0.345 e. The second kappa shape index (κ2) is 36.9. The maximum atomic E-state index is 15.4. The molecule has 93 heavy (non-hydrogen) atoms. The van der Waals surface area contributed by atoms with Gasteiger partial charge >= 0.3 is 6.18 Å². The van der Waals surface area contributed by atoms with E-state index in [0.29, 0.717) is 32.1 Å². The number of halogens is 4. The van der Waals surface area contributed by atoms with Gasteiger partial charge in [0.1, 0.15) is 42.3 Å². The van der Waals surface area contributed by atoms with Gasteiger partial charge in [0.05, 0.1) is 25.6 Å². The zero-order chi connectivity index (χ0) is 69.9. The minimum absolute atomic E-state index is 0.0287. The maximum Gasteiger partial charge on any atom is 0.391 e. The lowest BCUT2D eigenvalue weighted by atomic mass is 9.79. The van der Waals surface area contributed by atoms with Gasteiger partial charge in [-0.25, -0.2) is 0 Å². The van der Waals surface area contributed by atoms with E-state index in [4.69, 9.17) is 11.6 Å². The molecule has 4 fully saturated rings. The summed E-state index contributed by atoms with van der Waals surface area (Å²) >= 11 is 6.49. The van der Waals surface area contributed by atoms with Crippen molar-refractivity contribution in [3.63, 3.8) is 0 Å². The zero-order valence-electron chi connectivity index (χ0n) is 58.3. The van der Waals surface area contributed by atoms with Crippen LogP contribution in [0, 0.1) is 41.4 Å². The number of amides is 11. The van der Waals surface area contributed by atoms with Crippen molar-refractivity contribution in [2.75, 3.05) is 69.0 Å². The molecular weight excluding hydrogens is 1230 g/mol. The fourth-order valence-electron chi connectivity index (χ4n) is 13.5. The van der Waals surface area contributed by atoms with Gasteiger partial charge in [0.15, 0.2) is 0 Å². The third-order valence-corrected chi connectivity index (χ3v) is 20.6. The molecule has 1 saturated heterocycles. The fourth-order valence-corrected chi connectivity index (χ4v) is 13.8. The summed E-state index contributed by atoms with van der Waals surface area (Å²) in [6, 6.07) is -8.93.